The first-order chi connectivity index (χ1) is 12.7. The third-order valence-electron chi connectivity index (χ3n) is 6.31. The largest absolute Gasteiger partial charge is 0.436 e. The number of carbonyl (C=O) groups is 1. The van der Waals surface area contributed by atoms with E-state index in [2.05, 4.69) is 22.4 Å². The number of aromatic nitrogens is 2. The maximum absolute atomic E-state index is 13.2. The summed E-state index contributed by atoms with van der Waals surface area (Å²) in [6, 6.07) is 0.183. The van der Waals surface area contributed by atoms with Crippen LogP contribution in [-0.2, 0) is 11.0 Å². The molecule has 1 saturated carbocycles. The number of nitrogens with zero attached hydrogens (tertiary/aromatic N) is 3. The third kappa shape index (κ3) is 3.46. The van der Waals surface area contributed by atoms with Crippen molar-refractivity contribution in [3.8, 4) is 0 Å². The van der Waals surface area contributed by atoms with Crippen LogP contribution in [0.2, 0.25) is 5.02 Å². The average molecular weight is 405 g/mol. The van der Waals surface area contributed by atoms with Gasteiger partial charge < -0.3 is 10.2 Å². The molecule has 3 aliphatic rings. The zero-order chi connectivity index (χ0) is 19.5. The second kappa shape index (κ2) is 6.65. The lowest BCUT2D eigenvalue weighted by Crippen LogP contribution is -2.50. The molecule has 0 spiro atoms. The van der Waals surface area contributed by atoms with E-state index in [9.17, 15) is 18.0 Å². The van der Waals surface area contributed by atoms with Gasteiger partial charge in [0, 0.05) is 24.0 Å². The van der Waals surface area contributed by atoms with Crippen molar-refractivity contribution in [1.82, 2.24) is 20.0 Å². The highest BCUT2D eigenvalue weighted by atomic mass is 35.5. The summed E-state index contributed by atoms with van der Waals surface area (Å²) in [5, 5.41) is 6.38. The Morgan fingerprint density at radius 2 is 1.81 bits per heavy atom. The van der Waals surface area contributed by atoms with Crippen molar-refractivity contribution >= 4 is 17.5 Å². The first-order valence-corrected chi connectivity index (χ1v) is 9.92. The minimum absolute atomic E-state index is 0.0458. The number of hydrogen-bond acceptors (Lipinski definition) is 3. The number of carbonyl (C=O) groups excluding carboxylic acids is 1. The van der Waals surface area contributed by atoms with Gasteiger partial charge in [0.25, 0.3) is 0 Å². The Bertz CT molecular complexity index is 732. The van der Waals surface area contributed by atoms with Crippen LogP contribution in [0.1, 0.15) is 68.8 Å². The van der Waals surface area contributed by atoms with Crippen LogP contribution in [0.5, 0.6) is 0 Å². The molecule has 3 atom stereocenters. The number of nitrogens with one attached hydrogen (secondary N) is 1. The van der Waals surface area contributed by atoms with E-state index in [0.29, 0.717) is 17.8 Å². The fourth-order valence-corrected chi connectivity index (χ4v) is 4.97. The summed E-state index contributed by atoms with van der Waals surface area (Å²) in [5.41, 5.74) is -0.752. The Kier molecular flexibility index (Phi) is 4.70. The van der Waals surface area contributed by atoms with Crippen molar-refractivity contribution in [2.75, 3.05) is 7.05 Å². The summed E-state index contributed by atoms with van der Waals surface area (Å²) in [6.07, 6.45) is 0.959. The predicted octanol–water partition coefficient (Wildman–Crippen LogP) is 3.74. The molecule has 150 valence electrons. The highest BCUT2D eigenvalue weighted by Gasteiger charge is 2.44. The molecule has 1 aromatic heterocycles. The minimum Gasteiger partial charge on any atom is -0.351 e. The van der Waals surface area contributed by atoms with Gasteiger partial charge in [0.15, 0.2) is 5.69 Å². The molecule has 3 unspecified atom stereocenters. The average Bonchev–Trinajstić information content (AvgIpc) is 3.32. The molecule has 1 amide bonds. The molecule has 4 rings (SSSR count). The molecule has 27 heavy (non-hydrogen) atoms. The Balaban J connectivity index is 1.52. The van der Waals surface area contributed by atoms with Crippen LogP contribution >= 0.6 is 11.6 Å². The van der Waals surface area contributed by atoms with E-state index in [-0.39, 0.29) is 22.9 Å². The summed E-state index contributed by atoms with van der Waals surface area (Å²) in [6.45, 7) is 1.59. The van der Waals surface area contributed by atoms with Gasteiger partial charge in [0.1, 0.15) is 6.04 Å². The van der Waals surface area contributed by atoms with E-state index in [0.717, 1.165) is 38.5 Å². The molecule has 9 heteroatoms. The SMILES string of the molecule is CC(C(=O)NC1CC2CCC(C1)N2C)n1nc(C(F)(F)F)c(Cl)c1C1CC1. The number of alkyl halides is 3. The number of fused-ring (bicyclic) bond motifs is 2. The molecule has 0 aromatic carbocycles. The van der Waals surface area contributed by atoms with Crippen molar-refractivity contribution in [3.63, 3.8) is 0 Å². The summed E-state index contributed by atoms with van der Waals surface area (Å²) < 4.78 is 40.9. The van der Waals surface area contributed by atoms with E-state index >= 15 is 0 Å². The van der Waals surface area contributed by atoms with Gasteiger partial charge in [-0.3, -0.25) is 9.48 Å². The van der Waals surface area contributed by atoms with E-state index in [4.69, 9.17) is 11.6 Å². The van der Waals surface area contributed by atoms with Crippen LogP contribution < -0.4 is 5.32 Å². The van der Waals surface area contributed by atoms with Crippen LogP contribution in [0.4, 0.5) is 13.2 Å². The van der Waals surface area contributed by atoms with Gasteiger partial charge in [0.2, 0.25) is 5.91 Å². The highest BCUT2D eigenvalue weighted by Crippen LogP contribution is 2.47. The van der Waals surface area contributed by atoms with Crippen LogP contribution in [0.25, 0.3) is 0 Å². The molecule has 2 aliphatic heterocycles. The molecule has 1 aromatic rings. The van der Waals surface area contributed by atoms with Crippen molar-refractivity contribution in [2.24, 2.45) is 0 Å². The lowest BCUT2D eigenvalue weighted by molar-refractivity contribution is -0.142. The van der Waals surface area contributed by atoms with E-state index in [1.807, 2.05) is 0 Å². The molecule has 2 saturated heterocycles. The van der Waals surface area contributed by atoms with Gasteiger partial charge in [0.05, 0.1) is 10.7 Å². The fourth-order valence-electron chi connectivity index (χ4n) is 4.59. The second-order valence-electron chi connectivity index (χ2n) is 8.17. The zero-order valence-corrected chi connectivity index (χ0v) is 16.1. The van der Waals surface area contributed by atoms with Crippen molar-refractivity contribution in [2.45, 2.75) is 81.7 Å². The monoisotopic (exact) mass is 404 g/mol. The zero-order valence-electron chi connectivity index (χ0n) is 15.4. The molecular formula is C18H24ClF3N4O. The first-order valence-electron chi connectivity index (χ1n) is 9.54. The van der Waals surface area contributed by atoms with E-state index in [1.165, 1.54) is 4.68 Å². The van der Waals surface area contributed by atoms with Gasteiger partial charge in [-0.2, -0.15) is 18.3 Å². The Morgan fingerprint density at radius 1 is 1.22 bits per heavy atom. The van der Waals surface area contributed by atoms with Gasteiger partial charge in [-0.05, 0) is 52.5 Å². The highest BCUT2D eigenvalue weighted by molar-refractivity contribution is 6.32. The molecule has 3 heterocycles. The van der Waals surface area contributed by atoms with E-state index in [1.54, 1.807) is 6.92 Å². The summed E-state index contributed by atoms with van der Waals surface area (Å²) in [4.78, 5) is 15.2. The maximum Gasteiger partial charge on any atom is 0.436 e. The van der Waals surface area contributed by atoms with Gasteiger partial charge >= 0.3 is 6.18 Å². The van der Waals surface area contributed by atoms with Crippen LogP contribution in [0.15, 0.2) is 0 Å². The van der Waals surface area contributed by atoms with Gasteiger partial charge in [-0.1, -0.05) is 11.6 Å². The van der Waals surface area contributed by atoms with Crippen LogP contribution in [-0.4, -0.2) is 45.8 Å². The molecule has 0 radical (unpaired) electrons. The topological polar surface area (TPSA) is 50.2 Å². The summed E-state index contributed by atoms with van der Waals surface area (Å²) in [7, 11) is 2.12. The van der Waals surface area contributed by atoms with Crippen LogP contribution in [0.3, 0.4) is 0 Å². The number of rotatable bonds is 4. The maximum atomic E-state index is 13.2. The number of halogens is 4. The van der Waals surface area contributed by atoms with Crippen molar-refractivity contribution in [1.29, 1.82) is 0 Å². The first kappa shape index (κ1) is 19.1. The normalized spacial score (nSPS) is 29.8. The predicted molar refractivity (Wildman–Crippen MR) is 94.7 cm³/mol. The smallest absolute Gasteiger partial charge is 0.351 e. The quantitative estimate of drug-likeness (QED) is 0.831. The molecule has 1 N–H and O–H groups in total. The lowest BCUT2D eigenvalue weighted by Gasteiger charge is -2.37. The van der Waals surface area contributed by atoms with Crippen LogP contribution in [0, 0.1) is 0 Å². The Labute approximate surface area is 161 Å². The molecule has 2 bridgehead atoms. The number of piperidine rings is 1. The third-order valence-corrected chi connectivity index (χ3v) is 6.68. The van der Waals surface area contributed by atoms with Crippen molar-refractivity contribution in [3.05, 3.63) is 16.4 Å². The molecule has 1 aliphatic carbocycles. The second-order valence-corrected chi connectivity index (χ2v) is 8.55. The fraction of sp³-hybridized carbons (Fsp3) is 0.778. The number of amides is 1. The summed E-state index contributed by atoms with van der Waals surface area (Å²) >= 11 is 6.01. The molecule has 3 fully saturated rings. The minimum atomic E-state index is -4.63. The number of hydrogen-bond donors (Lipinski definition) is 1. The lowest BCUT2D eigenvalue weighted by atomic mass is 9.98. The Morgan fingerprint density at radius 3 is 2.33 bits per heavy atom. The summed E-state index contributed by atoms with van der Waals surface area (Å²) in [5.74, 6) is -0.339. The van der Waals surface area contributed by atoms with Gasteiger partial charge in [-0.15, -0.1) is 0 Å². The van der Waals surface area contributed by atoms with Crippen molar-refractivity contribution < 1.29 is 18.0 Å². The standard InChI is InChI=1S/C18H24ClF3N4O/c1-9(17(27)23-11-7-12-5-6-13(8-11)25(12)2)26-15(10-3-4-10)14(19)16(24-26)18(20,21)22/h9-13H,3-8H2,1-2H3,(H,23,27). The van der Waals surface area contributed by atoms with Gasteiger partial charge in [-0.25, -0.2) is 0 Å². The molecular weight excluding hydrogens is 381 g/mol. The molecule has 5 nitrogen and oxygen atoms in total. The van der Waals surface area contributed by atoms with E-state index < -0.39 is 17.9 Å². The Hall–Kier alpha value is -1.28.